The summed E-state index contributed by atoms with van der Waals surface area (Å²) in [7, 11) is 1.85. The number of aromatic nitrogens is 2. The molecule has 0 saturated carbocycles. The van der Waals surface area contributed by atoms with Gasteiger partial charge in [-0.15, -0.1) is 0 Å². The van der Waals surface area contributed by atoms with Crippen molar-refractivity contribution < 1.29 is 13.2 Å². The number of hydrogen-bond donors (Lipinski definition) is 1. The SMILES string of the molecule is CCCNC(CCc1nccn1C)CC(F)(F)F. The lowest BCUT2D eigenvalue weighted by molar-refractivity contribution is -0.140. The highest BCUT2D eigenvalue weighted by atomic mass is 19.4. The van der Waals surface area contributed by atoms with Crippen LogP contribution in [0.25, 0.3) is 0 Å². The minimum Gasteiger partial charge on any atom is -0.338 e. The second kappa shape index (κ2) is 6.78. The maximum absolute atomic E-state index is 12.4. The summed E-state index contributed by atoms with van der Waals surface area (Å²) in [5, 5.41) is 2.95. The van der Waals surface area contributed by atoms with Gasteiger partial charge in [-0.1, -0.05) is 6.92 Å². The van der Waals surface area contributed by atoms with Crippen molar-refractivity contribution in [3.05, 3.63) is 18.2 Å². The van der Waals surface area contributed by atoms with E-state index in [0.717, 1.165) is 12.2 Å². The van der Waals surface area contributed by atoms with E-state index in [1.165, 1.54) is 0 Å². The molecular formula is C12H20F3N3. The van der Waals surface area contributed by atoms with Crippen LogP contribution in [0.2, 0.25) is 0 Å². The summed E-state index contributed by atoms with van der Waals surface area (Å²) in [5.41, 5.74) is 0. The van der Waals surface area contributed by atoms with Crippen LogP contribution in [-0.2, 0) is 13.5 Å². The fraction of sp³-hybridized carbons (Fsp3) is 0.750. The lowest BCUT2D eigenvalue weighted by Crippen LogP contribution is -2.34. The predicted molar refractivity (Wildman–Crippen MR) is 64.3 cm³/mol. The summed E-state index contributed by atoms with van der Waals surface area (Å²) in [4.78, 5) is 4.12. The first kappa shape index (κ1) is 15.0. The lowest BCUT2D eigenvalue weighted by Gasteiger charge is -2.19. The van der Waals surface area contributed by atoms with Gasteiger partial charge in [-0.25, -0.2) is 4.98 Å². The second-order valence-corrected chi connectivity index (χ2v) is 4.46. The molecule has 0 bridgehead atoms. The molecule has 0 radical (unpaired) electrons. The average Bonchev–Trinajstić information content (AvgIpc) is 2.66. The highest BCUT2D eigenvalue weighted by Crippen LogP contribution is 2.23. The van der Waals surface area contributed by atoms with Gasteiger partial charge in [0.25, 0.3) is 0 Å². The van der Waals surface area contributed by atoms with Gasteiger partial charge in [-0.3, -0.25) is 0 Å². The van der Waals surface area contributed by atoms with Crippen molar-refractivity contribution in [3.63, 3.8) is 0 Å². The van der Waals surface area contributed by atoms with E-state index in [9.17, 15) is 13.2 Å². The molecule has 3 nitrogen and oxygen atoms in total. The van der Waals surface area contributed by atoms with Gasteiger partial charge in [0, 0.05) is 31.9 Å². The minimum absolute atomic E-state index is 0.449. The Kier molecular flexibility index (Phi) is 5.65. The number of aryl methyl sites for hydroxylation is 2. The number of imidazole rings is 1. The van der Waals surface area contributed by atoms with E-state index < -0.39 is 18.6 Å². The smallest absolute Gasteiger partial charge is 0.338 e. The van der Waals surface area contributed by atoms with Gasteiger partial charge in [-0.05, 0) is 19.4 Å². The van der Waals surface area contributed by atoms with Crippen molar-refractivity contribution in [2.24, 2.45) is 7.05 Å². The van der Waals surface area contributed by atoms with Gasteiger partial charge in [0.15, 0.2) is 0 Å². The molecular weight excluding hydrogens is 243 g/mol. The van der Waals surface area contributed by atoms with Crippen LogP contribution in [-0.4, -0.2) is 28.3 Å². The molecule has 0 aliphatic rings. The molecule has 1 unspecified atom stereocenters. The normalized spacial score (nSPS) is 13.8. The molecule has 0 fully saturated rings. The van der Waals surface area contributed by atoms with E-state index in [-0.39, 0.29) is 0 Å². The molecule has 0 aliphatic heterocycles. The van der Waals surface area contributed by atoms with Crippen LogP contribution >= 0.6 is 0 Å². The highest BCUT2D eigenvalue weighted by Gasteiger charge is 2.31. The largest absolute Gasteiger partial charge is 0.390 e. The Labute approximate surface area is 105 Å². The zero-order chi connectivity index (χ0) is 13.6. The van der Waals surface area contributed by atoms with E-state index >= 15 is 0 Å². The van der Waals surface area contributed by atoms with E-state index in [1.54, 1.807) is 12.4 Å². The Bertz CT molecular complexity index is 347. The van der Waals surface area contributed by atoms with E-state index in [2.05, 4.69) is 10.3 Å². The van der Waals surface area contributed by atoms with Gasteiger partial charge in [0.1, 0.15) is 5.82 Å². The summed E-state index contributed by atoms with van der Waals surface area (Å²) in [5.74, 6) is 0.820. The fourth-order valence-electron chi connectivity index (χ4n) is 1.84. The second-order valence-electron chi connectivity index (χ2n) is 4.46. The van der Waals surface area contributed by atoms with Gasteiger partial charge in [0.2, 0.25) is 0 Å². The van der Waals surface area contributed by atoms with Crippen molar-refractivity contribution >= 4 is 0 Å². The number of nitrogens with one attached hydrogen (secondary N) is 1. The number of hydrogen-bond acceptors (Lipinski definition) is 2. The topological polar surface area (TPSA) is 29.9 Å². The molecule has 1 atom stereocenters. The summed E-state index contributed by atoms with van der Waals surface area (Å²) in [6, 6.07) is -0.526. The number of nitrogens with zero attached hydrogens (tertiary/aromatic N) is 2. The predicted octanol–water partition coefficient (Wildman–Crippen LogP) is 2.67. The number of alkyl halides is 3. The molecule has 0 saturated heterocycles. The fourth-order valence-corrected chi connectivity index (χ4v) is 1.84. The van der Waals surface area contributed by atoms with Crippen LogP contribution < -0.4 is 5.32 Å². The molecule has 1 N–H and O–H groups in total. The third-order valence-electron chi connectivity index (χ3n) is 2.80. The molecule has 1 heterocycles. The van der Waals surface area contributed by atoms with Crippen molar-refractivity contribution in [2.75, 3.05) is 6.54 Å². The minimum atomic E-state index is -4.12. The Hall–Kier alpha value is -1.04. The molecule has 18 heavy (non-hydrogen) atoms. The van der Waals surface area contributed by atoms with Crippen LogP contribution in [0.4, 0.5) is 13.2 Å². The average molecular weight is 263 g/mol. The third-order valence-corrected chi connectivity index (χ3v) is 2.80. The third kappa shape index (κ3) is 5.53. The quantitative estimate of drug-likeness (QED) is 0.819. The zero-order valence-electron chi connectivity index (χ0n) is 10.8. The van der Waals surface area contributed by atoms with Crippen LogP contribution in [0.3, 0.4) is 0 Å². The van der Waals surface area contributed by atoms with Crippen LogP contribution in [0.15, 0.2) is 12.4 Å². The Morgan fingerprint density at radius 3 is 2.67 bits per heavy atom. The summed E-state index contributed by atoms with van der Waals surface area (Å²) in [6.45, 7) is 2.55. The van der Waals surface area contributed by atoms with Gasteiger partial charge in [0.05, 0.1) is 6.42 Å². The summed E-state index contributed by atoms with van der Waals surface area (Å²) < 4.78 is 39.1. The number of rotatable bonds is 7. The first-order valence-corrected chi connectivity index (χ1v) is 6.18. The molecule has 1 rings (SSSR count). The van der Waals surface area contributed by atoms with Crippen LogP contribution in [0.5, 0.6) is 0 Å². The van der Waals surface area contributed by atoms with E-state index in [0.29, 0.717) is 19.4 Å². The van der Waals surface area contributed by atoms with Crippen molar-refractivity contribution in [1.82, 2.24) is 14.9 Å². The van der Waals surface area contributed by atoms with E-state index in [1.807, 2.05) is 18.5 Å². The zero-order valence-corrected chi connectivity index (χ0v) is 10.8. The Morgan fingerprint density at radius 1 is 1.44 bits per heavy atom. The molecule has 1 aromatic rings. The summed E-state index contributed by atoms with van der Waals surface area (Å²) >= 11 is 0. The first-order chi connectivity index (χ1) is 8.42. The van der Waals surface area contributed by atoms with Crippen molar-refractivity contribution in [1.29, 1.82) is 0 Å². The molecule has 0 spiro atoms. The molecule has 0 aromatic carbocycles. The Morgan fingerprint density at radius 2 is 2.17 bits per heavy atom. The van der Waals surface area contributed by atoms with Crippen molar-refractivity contribution in [3.8, 4) is 0 Å². The summed E-state index contributed by atoms with van der Waals surface area (Å²) in [6.07, 6.45) is 0.397. The number of halogens is 3. The van der Waals surface area contributed by atoms with Gasteiger partial charge >= 0.3 is 6.18 Å². The first-order valence-electron chi connectivity index (χ1n) is 6.18. The van der Waals surface area contributed by atoms with Crippen LogP contribution in [0, 0.1) is 0 Å². The molecule has 104 valence electrons. The maximum Gasteiger partial charge on any atom is 0.390 e. The Balaban J connectivity index is 2.47. The molecule has 6 heteroatoms. The standard InChI is InChI=1S/C12H20F3N3/c1-3-6-16-10(9-12(13,14)15)4-5-11-17-7-8-18(11)2/h7-8,10,16H,3-6,9H2,1-2H3. The van der Waals surface area contributed by atoms with Crippen LogP contribution in [0.1, 0.15) is 32.0 Å². The van der Waals surface area contributed by atoms with Crippen molar-refractivity contribution in [2.45, 2.75) is 44.8 Å². The monoisotopic (exact) mass is 263 g/mol. The molecule has 0 aliphatic carbocycles. The maximum atomic E-state index is 12.4. The highest BCUT2D eigenvalue weighted by molar-refractivity contribution is 4.92. The van der Waals surface area contributed by atoms with Gasteiger partial charge < -0.3 is 9.88 Å². The molecule has 1 aromatic heterocycles. The van der Waals surface area contributed by atoms with E-state index in [4.69, 9.17) is 0 Å². The lowest BCUT2D eigenvalue weighted by atomic mass is 10.1. The van der Waals surface area contributed by atoms with Gasteiger partial charge in [-0.2, -0.15) is 13.2 Å². The molecule has 0 amide bonds.